The number of hydrogen-bond donors (Lipinski definition) is 1. The van der Waals surface area contributed by atoms with Crippen LogP contribution in [0, 0.1) is 5.92 Å². The summed E-state index contributed by atoms with van der Waals surface area (Å²) in [5, 5.41) is 3.30. The van der Waals surface area contributed by atoms with Gasteiger partial charge in [0.15, 0.2) is 0 Å². The highest BCUT2D eigenvalue weighted by atomic mass is 16.5. The second kappa shape index (κ2) is 6.57. The standard InChI is InChI=1S/C15H21NO3/c1-3-19-15(17)14(16-10-11-8-9-11)12-6-4-5-7-13(12)18-2/h4-7,11,14,16H,3,8-10H2,1-2H3. The molecule has 19 heavy (non-hydrogen) atoms. The fourth-order valence-electron chi connectivity index (χ4n) is 2.06. The first-order valence-electron chi connectivity index (χ1n) is 6.79. The smallest absolute Gasteiger partial charge is 0.327 e. The van der Waals surface area contributed by atoms with Gasteiger partial charge in [-0.15, -0.1) is 0 Å². The van der Waals surface area contributed by atoms with Gasteiger partial charge in [-0.05, 0) is 38.3 Å². The van der Waals surface area contributed by atoms with Crippen molar-refractivity contribution in [2.24, 2.45) is 5.92 Å². The van der Waals surface area contributed by atoms with E-state index in [2.05, 4.69) is 5.32 Å². The average molecular weight is 263 g/mol. The van der Waals surface area contributed by atoms with Crippen molar-refractivity contribution < 1.29 is 14.3 Å². The molecule has 1 aliphatic rings. The van der Waals surface area contributed by atoms with E-state index in [0.717, 1.165) is 12.1 Å². The molecule has 104 valence electrons. The summed E-state index contributed by atoms with van der Waals surface area (Å²) in [6.45, 7) is 3.05. The Morgan fingerprint density at radius 3 is 2.79 bits per heavy atom. The third-order valence-corrected chi connectivity index (χ3v) is 3.28. The fraction of sp³-hybridized carbons (Fsp3) is 0.533. The van der Waals surface area contributed by atoms with Gasteiger partial charge in [0.2, 0.25) is 0 Å². The maximum absolute atomic E-state index is 12.1. The monoisotopic (exact) mass is 263 g/mol. The Morgan fingerprint density at radius 2 is 2.16 bits per heavy atom. The number of rotatable bonds is 7. The van der Waals surface area contributed by atoms with Crippen molar-refractivity contribution >= 4 is 5.97 Å². The Morgan fingerprint density at radius 1 is 1.42 bits per heavy atom. The summed E-state index contributed by atoms with van der Waals surface area (Å²) in [7, 11) is 1.61. The third kappa shape index (κ3) is 3.70. The largest absolute Gasteiger partial charge is 0.496 e. The van der Waals surface area contributed by atoms with Gasteiger partial charge in [-0.3, -0.25) is 0 Å². The van der Waals surface area contributed by atoms with E-state index < -0.39 is 6.04 Å². The molecular formula is C15H21NO3. The summed E-state index contributed by atoms with van der Waals surface area (Å²) in [5.41, 5.74) is 0.837. The molecule has 0 heterocycles. The van der Waals surface area contributed by atoms with Crippen molar-refractivity contribution in [3.05, 3.63) is 29.8 Å². The minimum atomic E-state index is -0.448. The highest BCUT2D eigenvalue weighted by Gasteiger charge is 2.28. The van der Waals surface area contributed by atoms with E-state index in [1.165, 1.54) is 12.8 Å². The van der Waals surface area contributed by atoms with E-state index in [1.807, 2.05) is 31.2 Å². The normalized spacial score (nSPS) is 15.9. The molecule has 0 aliphatic heterocycles. The van der Waals surface area contributed by atoms with Gasteiger partial charge >= 0.3 is 5.97 Å². The van der Waals surface area contributed by atoms with Crippen LogP contribution >= 0.6 is 0 Å². The van der Waals surface area contributed by atoms with Gasteiger partial charge in [-0.2, -0.15) is 0 Å². The Balaban J connectivity index is 2.15. The molecule has 1 saturated carbocycles. The van der Waals surface area contributed by atoms with Gasteiger partial charge in [0.25, 0.3) is 0 Å². The summed E-state index contributed by atoms with van der Waals surface area (Å²) in [5.74, 6) is 1.17. The Bertz CT molecular complexity index is 429. The zero-order valence-electron chi connectivity index (χ0n) is 11.5. The number of benzene rings is 1. The quantitative estimate of drug-likeness (QED) is 0.767. The van der Waals surface area contributed by atoms with Crippen LogP contribution < -0.4 is 10.1 Å². The van der Waals surface area contributed by atoms with Crippen LogP contribution in [0.4, 0.5) is 0 Å². The number of ether oxygens (including phenoxy) is 2. The highest BCUT2D eigenvalue weighted by molar-refractivity contribution is 5.78. The van der Waals surface area contributed by atoms with Crippen molar-refractivity contribution in [1.82, 2.24) is 5.32 Å². The Labute approximate surface area is 114 Å². The third-order valence-electron chi connectivity index (χ3n) is 3.28. The van der Waals surface area contributed by atoms with Crippen LogP contribution in [0.3, 0.4) is 0 Å². The van der Waals surface area contributed by atoms with E-state index in [0.29, 0.717) is 18.3 Å². The summed E-state index contributed by atoms with van der Waals surface area (Å²) in [4.78, 5) is 12.1. The first kappa shape index (κ1) is 13.9. The molecule has 1 unspecified atom stereocenters. The fourth-order valence-corrected chi connectivity index (χ4v) is 2.06. The van der Waals surface area contributed by atoms with E-state index in [-0.39, 0.29) is 5.97 Å². The van der Waals surface area contributed by atoms with Gasteiger partial charge in [0.05, 0.1) is 13.7 Å². The predicted octanol–water partition coefficient (Wildman–Crippen LogP) is 2.30. The summed E-state index contributed by atoms with van der Waals surface area (Å²) in [6, 6.07) is 7.12. The molecule has 1 N–H and O–H groups in total. The maximum Gasteiger partial charge on any atom is 0.327 e. The van der Waals surface area contributed by atoms with Crippen LogP contribution in [0.15, 0.2) is 24.3 Å². The topological polar surface area (TPSA) is 47.6 Å². The molecule has 4 nitrogen and oxygen atoms in total. The molecule has 0 radical (unpaired) electrons. The molecule has 1 aromatic rings. The number of methoxy groups -OCH3 is 1. The maximum atomic E-state index is 12.1. The Hall–Kier alpha value is -1.55. The predicted molar refractivity (Wildman–Crippen MR) is 73.1 cm³/mol. The van der Waals surface area contributed by atoms with Crippen molar-refractivity contribution in [2.75, 3.05) is 20.3 Å². The molecular weight excluding hydrogens is 242 g/mol. The molecule has 1 aromatic carbocycles. The van der Waals surface area contributed by atoms with Crippen LogP contribution in [0.2, 0.25) is 0 Å². The van der Waals surface area contributed by atoms with Crippen LogP contribution in [0.25, 0.3) is 0 Å². The van der Waals surface area contributed by atoms with E-state index in [9.17, 15) is 4.79 Å². The minimum Gasteiger partial charge on any atom is -0.496 e. The lowest BCUT2D eigenvalue weighted by Crippen LogP contribution is -2.32. The highest BCUT2D eigenvalue weighted by Crippen LogP contribution is 2.30. The number of nitrogens with one attached hydrogen (secondary N) is 1. The van der Waals surface area contributed by atoms with Crippen molar-refractivity contribution in [3.63, 3.8) is 0 Å². The molecule has 1 atom stereocenters. The second-order valence-corrected chi connectivity index (χ2v) is 4.78. The molecule has 1 fully saturated rings. The SMILES string of the molecule is CCOC(=O)C(NCC1CC1)c1ccccc1OC. The lowest BCUT2D eigenvalue weighted by atomic mass is 10.1. The molecule has 0 bridgehead atoms. The lowest BCUT2D eigenvalue weighted by Gasteiger charge is -2.19. The molecule has 0 spiro atoms. The summed E-state index contributed by atoms with van der Waals surface area (Å²) in [6.07, 6.45) is 2.49. The van der Waals surface area contributed by atoms with Crippen molar-refractivity contribution in [2.45, 2.75) is 25.8 Å². The molecule has 0 aromatic heterocycles. The van der Waals surface area contributed by atoms with Crippen LogP contribution in [0.5, 0.6) is 5.75 Å². The van der Waals surface area contributed by atoms with E-state index in [1.54, 1.807) is 7.11 Å². The Kier molecular flexibility index (Phi) is 4.80. The van der Waals surface area contributed by atoms with Crippen LogP contribution in [0.1, 0.15) is 31.4 Å². The summed E-state index contributed by atoms with van der Waals surface area (Å²) < 4.78 is 10.5. The average Bonchev–Trinajstić information content (AvgIpc) is 3.24. The summed E-state index contributed by atoms with van der Waals surface area (Å²) >= 11 is 0. The zero-order chi connectivity index (χ0) is 13.7. The van der Waals surface area contributed by atoms with Crippen LogP contribution in [-0.4, -0.2) is 26.2 Å². The number of hydrogen-bond acceptors (Lipinski definition) is 4. The molecule has 1 aliphatic carbocycles. The number of carbonyl (C=O) groups excluding carboxylic acids is 1. The van der Waals surface area contributed by atoms with E-state index in [4.69, 9.17) is 9.47 Å². The molecule has 0 amide bonds. The van der Waals surface area contributed by atoms with Gasteiger partial charge in [-0.25, -0.2) is 4.79 Å². The number of para-hydroxylation sites is 1. The number of esters is 1. The first-order valence-corrected chi connectivity index (χ1v) is 6.79. The zero-order valence-corrected chi connectivity index (χ0v) is 11.5. The minimum absolute atomic E-state index is 0.243. The lowest BCUT2D eigenvalue weighted by molar-refractivity contribution is -0.145. The second-order valence-electron chi connectivity index (χ2n) is 4.78. The van der Waals surface area contributed by atoms with Gasteiger partial charge < -0.3 is 14.8 Å². The van der Waals surface area contributed by atoms with Crippen LogP contribution in [-0.2, 0) is 9.53 Å². The molecule has 4 heteroatoms. The molecule has 2 rings (SSSR count). The molecule has 0 saturated heterocycles. The van der Waals surface area contributed by atoms with Gasteiger partial charge in [-0.1, -0.05) is 18.2 Å². The van der Waals surface area contributed by atoms with Crippen molar-refractivity contribution in [3.8, 4) is 5.75 Å². The first-order chi connectivity index (χ1) is 9.26. The van der Waals surface area contributed by atoms with Gasteiger partial charge in [0.1, 0.15) is 11.8 Å². The van der Waals surface area contributed by atoms with E-state index >= 15 is 0 Å². The number of carbonyl (C=O) groups is 1. The van der Waals surface area contributed by atoms with Gasteiger partial charge in [0, 0.05) is 5.56 Å². The van der Waals surface area contributed by atoms with Crippen molar-refractivity contribution in [1.29, 1.82) is 0 Å².